The van der Waals surface area contributed by atoms with Crippen molar-refractivity contribution in [3.05, 3.63) is 47.8 Å². The third-order valence-corrected chi connectivity index (χ3v) is 6.11. The maximum Gasteiger partial charge on any atom is 0.255 e. The largest absolute Gasteiger partial charge is 0.497 e. The fraction of sp³-hybridized carbons (Fsp3) is 0.458. The summed E-state index contributed by atoms with van der Waals surface area (Å²) < 4.78 is 7.18. The molecule has 4 rings (SSSR count). The first-order chi connectivity index (χ1) is 15.1. The molecular formula is C24H31N5O2. The van der Waals surface area contributed by atoms with Crippen molar-refractivity contribution in [2.45, 2.75) is 64.6 Å². The number of carbonyl (C=O) groups excluding carboxylic acids is 1. The Morgan fingerprint density at radius 1 is 1.26 bits per heavy atom. The summed E-state index contributed by atoms with van der Waals surface area (Å²) in [7, 11) is 1.64. The van der Waals surface area contributed by atoms with Gasteiger partial charge in [0.2, 0.25) is 0 Å². The topological polar surface area (TPSA) is 81.1 Å². The van der Waals surface area contributed by atoms with E-state index >= 15 is 0 Å². The molecule has 0 radical (unpaired) electrons. The zero-order valence-corrected chi connectivity index (χ0v) is 18.5. The predicted molar refractivity (Wildman–Crippen MR) is 123 cm³/mol. The normalized spacial score (nSPS) is 15.6. The maximum absolute atomic E-state index is 13.3. The van der Waals surface area contributed by atoms with Gasteiger partial charge in [-0.1, -0.05) is 31.4 Å². The fourth-order valence-electron chi connectivity index (χ4n) is 4.31. The van der Waals surface area contributed by atoms with Crippen molar-refractivity contribution in [2.24, 2.45) is 0 Å². The monoisotopic (exact) mass is 421 g/mol. The van der Waals surface area contributed by atoms with Crippen molar-refractivity contribution in [1.29, 1.82) is 0 Å². The van der Waals surface area contributed by atoms with Gasteiger partial charge in [0, 0.05) is 18.8 Å². The van der Waals surface area contributed by atoms with Gasteiger partial charge in [-0.3, -0.25) is 4.79 Å². The van der Waals surface area contributed by atoms with E-state index in [1.54, 1.807) is 13.3 Å². The van der Waals surface area contributed by atoms with Crippen LogP contribution >= 0.6 is 0 Å². The Hall–Kier alpha value is -3.09. The summed E-state index contributed by atoms with van der Waals surface area (Å²) >= 11 is 0. The molecule has 2 N–H and O–H groups in total. The van der Waals surface area contributed by atoms with Gasteiger partial charge in [0.05, 0.1) is 36.0 Å². The summed E-state index contributed by atoms with van der Waals surface area (Å²) in [5, 5.41) is 12.2. The molecule has 164 valence electrons. The van der Waals surface area contributed by atoms with Crippen molar-refractivity contribution in [2.75, 3.05) is 12.4 Å². The van der Waals surface area contributed by atoms with Crippen molar-refractivity contribution >= 4 is 22.6 Å². The van der Waals surface area contributed by atoms with Gasteiger partial charge in [-0.15, -0.1) is 0 Å². The Morgan fingerprint density at radius 3 is 2.81 bits per heavy atom. The highest BCUT2D eigenvalue weighted by molar-refractivity contribution is 6.06. The standard InChI is InChI=1S/C24H31N5O2/c1-4-29-23-20(15-26-29)22(28-18-10-6-5-7-11-18)21(14-25-23)24(30)27-16(2)17-9-8-12-19(13-17)31-3/h8-9,12-16,18H,4-7,10-11H2,1-3H3,(H,25,28)(H,27,30). The number of hydrogen-bond donors (Lipinski definition) is 2. The molecule has 1 fully saturated rings. The summed E-state index contributed by atoms with van der Waals surface area (Å²) in [4.78, 5) is 17.9. The van der Waals surface area contributed by atoms with Crippen LogP contribution in [0.4, 0.5) is 5.69 Å². The molecule has 1 aromatic carbocycles. The van der Waals surface area contributed by atoms with Crippen molar-refractivity contribution in [1.82, 2.24) is 20.1 Å². The first-order valence-electron chi connectivity index (χ1n) is 11.2. The Balaban J connectivity index is 1.64. The molecule has 31 heavy (non-hydrogen) atoms. The van der Waals surface area contributed by atoms with Crippen molar-refractivity contribution < 1.29 is 9.53 Å². The van der Waals surface area contributed by atoms with Gasteiger partial charge in [-0.25, -0.2) is 9.67 Å². The summed E-state index contributed by atoms with van der Waals surface area (Å²) in [6.07, 6.45) is 9.44. The van der Waals surface area contributed by atoms with Crippen LogP contribution in [0.3, 0.4) is 0 Å². The number of aromatic nitrogens is 3. The molecule has 3 aromatic rings. The first-order valence-corrected chi connectivity index (χ1v) is 11.2. The molecule has 1 unspecified atom stereocenters. The molecule has 1 atom stereocenters. The van der Waals surface area contributed by atoms with Crippen LogP contribution in [-0.2, 0) is 6.54 Å². The van der Waals surface area contributed by atoms with Crippen LogP contribution in [0.15, 0.2) is 36.7 Å². The number of carbonyl (C=O) groups is 1. The first kappa shape index (κ1) is 21.2. The van der Waals surface area contributed by atoms with Crippen molar-refractivity contribution in [3.63, 3.8) is 0 Å². The number of nitrogens with one attached hydrogen (secondary N) is 2. The van der Waals surface area contributed by atoms with E-state index in [4.69, 9.17) is 4.74 Å². The zero-order valence-electron chi connectivity index (χ0n) is 18.5. The smallest absolute Gasteiger partial charge is 0.255 e. The van der Waals surface area contributed by atoms with E-state index in [1.165, 1.54) is 19.3 Å². The van der Waals surface area contributed by atoms with E-state index in [0.717, 1.165) is 47.4 Å². The molecule has 0 saturated heterocycles. The lowest BCUT2D eigenvalue weighted by atomic mass is 9.95. The Kier molecular flexibility index (Phi) is 6.39. The van der Waals surface area contributed by atoms with Crippen LogP contribution < -0.4 is 15.4 Å². The van der Waals surface area contributed by atoms with E-state index in [-0.39, 0.29) is 11.9 Å². The van der Waals surface area contributed by atoms with E-state index in [9.17, 15) is 4.79 Å². The molecule has 2 heterocycles. The lowest BCUT2D eigenvalue weighted by molar-refractivity contribution is 0.0940. The summed E-state index contributed by atoms with van der Waals surface area (Å²) in [6, 6.07) is 7.96. The molecule has 1 saturated carbocycles. The molecule has 1 aliphatic carbocycles. The molecule has 1 aliphatic rings. The number of methoxy groups -OCH3 is 1. The molecule has 1 amide bonds. The molecule has 0 bridgehead atoms. The second-order valence-corrected chi connectivity index (χ2v) is 8.20. The van der Waals surface area contributed by atoms with Gasteiger partial charge < -0.3 is 15.4 Å². The average Bonchev–Trinajstić information content (AvgIpc) is 3.23. The van der Waals surface area contributed by atoms with Gasteiger partial charge in [0.25, 0.3) is 5.91 Å². The number of nitrogens with zero attached hydrogens (tertiary/aromatic N) is 3. The predicted octanol–water partition coefficient (Wildman–Crippen LogP) is 4.70. The van der Waals surface area contributed by atoms with Crippen LogP contribution in [0, 0.1) is 0 Å². The minimum atomic E-state index is -0.167. The minimum absolute atomic E-state index is 0.146. The van der Waals surface area contributed by atoms with E-state index in [2.05, 4.69) is 20.7 Å². The number of pyridine rings is 1. The highest BCUT2D eigenvalue weighted by Gasteiger charge is 2.23. The number of anilines is 1. The number of amides is 1. The van der Waals surface area contributed by atoms with Gasteiger partial charge in [0.15, 0.2) is 5.65 Å². The number of rotatable bonds is 7. The number of aryl methyl sites for hydroxylation is 1. The molecule has 7 nitrogen and oxygen atoms in total. The summed E-state index contributed by atoms with van der Waals surface area (Å²) in [5.41, 5.74) is 3.19. The average molecular weight is 422 g/mol. The van der Waals surface area contributed by atoms with Crippen LogP contribution in [0.2, 0.25) is 0 Å². The molecule has 0 spiro atoms. The van der Waals surface area contributed by atoms with Gasteiger partial charge >= 0.3 is 0 Å². The SMILES string of the molecule is CCn1ncc2c(NC3CCCCC3)c(C(=O)NC(C)c3cccc(OC)c3)cnc21. The van der Waals surface area contributed by atoms with E-state index < -0.39 is 0 Å². The molecule has 2 aromatic heterocycles. The highest BCUT2D eigenvalue weighted by Crippen LogP contribution is 2.30. The number of ether oxygens (including phenoxy) is 1. The Morgan fingerprint density at radius 2 is 2.06 bits per heavy atom. The van der Waals surface area contributed by atoms with Crippen LogP contribution in [0.1, 0.15) is 67.9 Å². The Labute approximate surface area is 183 Å². The van der Waals surface area contributed by atoms with E-state index in [0.29, 0.717) is 11.6 Å². The number of hydrogen-bond acceptors (Lipinski definition) is 5. The highest BCUT2D eigenvalue weighted by atomic mass is 16.5. The lowest BCUT2D eigenvalue weighted by Crippen LogP contribution is -2.29. The molecule has 7 heteroatoms. The lowest BCUT2D eigenvalue weighted by Gasteiger charge is -2.25. The number of benzene rings is 1. The Bertz CT molecular complexity index is 1060. The maximum atomic E-state index is 13.3. The summed E-state index contributed by atoms with van der Waals surface area (Å²) in [5.74, 6) is 0.626. The number of fused-ring (bicyclic) bond motifs is 1. The molecule has 0 aliphatic heterocycles. The van der Waals surface area contributed by atoms with E-state index in [1.807, 2.05) is 49.0 Å². The van der Waals surface area contributed by atoms with Crippen LogP contribution in [0.25, 0.3) is 11.0 Å². The second-order valence-electron chi connectivity index (χ2n) is 8.20. The van der Waals surface area contributed by atoms with Gasteiger partial charge in [0.1, 0.15) is 5.75 Å². The minimum Gasteiger partial charge on any atom is -0.497 e. The third-order valence-electron chi connectivity index (χ3n) is 6.11. The summed E-state index contributed by atoms with van der Waals surface area (Å²) in [6.45, 7) is 4.75. The zero-order chi connectivity index (χ0) is 21.8. The van der Waals surface area contributed by atoms with Crippen LogP contribution in [0.5, 0.6) is 5.75 Å². The quantitative estimate of drug-likeness (QED) is 0.578. The van der Waals surface area contributed by atoms with Crippen LogP contribution in [-0.4, -0.2) is 33.8 Å². The van der Waals surface area contributed by atoms with Crippen molar-refractivity contribution in [3.8, 4) is 5.75 Å². The van der Waals surface area contributed by atoms with Gasteiger partial charge in [-0.05, 0) is 44.4 Å². The fourth-order valence-corrected chi connectivity index (χ4v) is 4.31. The molecular weight excluding hydrogens is 390 g/mol. The third kappa shape index (κ3) is 4.50. The van der Waals surface area contributed by atoms with Gasteiger partial charge in [-0.2, -0.15) is 5.10 Å². The second kappa shape index (κ2) is 9.37.